The molecule has 1 aliphatic rings. The van der Waals surface area contributed by atoms with Crippen LogP contribution in [0.3, 0.4) is 0 Å². The summed E-state index contributed by atoms with van der Waals surface area (Å²) in [5.74, 6) is 0.0372. The first kappa shape index (κ1) is 15.0. The molecule has 2 nitrogen and oxygen atoms in total. The average molecular weight is 389 g/mol. The van der Waals surface area contributed by atoms with Crippen LogP contribution in [0, 0.1) is 6.92 Å². The minimum absolute atomic E-state index is 0.0372. The van der Waals surface area contributed by atoms with Crippen LogP contribution >= 0.6 is 31.9 Å². The van der Waals surface area contributed by atoms with Crippen LogP contribution in [-0.2, 0) is 0 Å². The number of benzene rings is 1. The summed E-state index contributed by atoms with van der Waals surface area (Å²) in [6.45, 7) is 1.97. The lowest BCUT2D eigenvalue weighted by Crippen LogP contribution is -2.40. The van der Waals surface area contributed by atoms with Gasteiger partial charge >= 0.3 is 0 Å². The molecule has 1 saturated carbocycles. The highest BCUT2D eigenvalue weighted by atomic mass is 79.9. The monoisotopic (exact) mass is 387 g/mol. The Morgan fingerprint density at radius 1 is 1.26 bits per heavy atom. The van der Waals surface area contributed by atoms with E-state index >= 15 is 0 Å². The molecule has 19 heavy (non-hydrogen) atoms. The molecule has 0 spiro atoms. The van der Waals surface area contributed by atoms with Crippen LogP contribution in [0.2, 0.25) is 0 Å². The van der Waals surface area contributed by atoms with Gasteiger partial charge in [-0.25, -0.2) is 0 Å². The smallest absolute Gasteiger partial charge is 0.251 e. The Kier molecular flexibility index (Phi) is 5.46. The van der Waals surface area contributed by atoms with E-state index in [9.17, 15) is 4.79 Å². The Balaban J connectivity index is 2.09. The quantitative estimate of drug-likeness (QED) is 0.582. The molecule has 4 heteroatoms. The number of carbonyl (C=O) groups is 1. The molecule has 1 fully saturated rings. The van der Waals surface area contributed by atoms with Gasteiger partial charge in [0.2, 0.25) is 0 Å². The maximum absolute atomic E-state index is 12.4. The Morgan fingerprint density at radius 3 is 2.79 bits per heavy atom. The third kappa shape index (κ3) is 3.82. The zero-order valence-corrected chi connectivity index (χ0v) is 14.3. The first-order chi connectivity index (χ1) is 9.09. The van der Waals surface area contributed by atoms with Crippen LogP contribution in [0.4, 0.5) is 0 Å². The number of halogens is 2. The summed E-state index contributed by atoms with van der Waals surface area (Å²) in [4.78, 5) is 12.8. The van der Waals surface area contributed by atoms with E-state index in [0.717, 1.165) is 28.4 Å². The van der Waals surface area contributed by atoms with E-state index < -0.39 is 0 Å². The number of hydrogen-bond donors (Lipinski definition) is 1. The summed E-state index contributed by atoms with van der Waals surface area (Å²) in [5, 5.41) is 3.19. The molecule has 0 aliphatic heterocycles. The van der Waals surface area contributed by atoms with Gasteiger partial charge in [-0.05, 0) is 37.5 Å². The van der Waals surface area contributed by atoms with Crippen LogP contribution in [0.15, 0.2) is 22.7 Å². The van der Waals surface area contributed by atoms with Crippen molar-refractivity contribution in [3.05, 3.63) is 33.8 Å². The molecule has 104 valence electrons. The van der Waals surface area contributed by atoms with Crippen molar-refractivity contribution in [3.63, 3.8) is 0 Å². The van der Waals surface area contributed by atoms with Crippen molar-refractivity contribution < 1.29 is 4.79 Å². The van der Waals surface area contributed by atoms with Crippen molar-refractivity contribution in [2.75, 3.05) is 0 Å². The van der Waals surface area contributed by atoms with E-state index in [4.69, 9.17) is 0 Å². The maximum atomic E-state index is 12.4. The fourth-order valence-corrected chi connectivity index (χ4v) is 3.61. The predicted molar refractivity (Wildman–Crippen MR) is 85.9 cm³/mol. The van der Waals surface area contributed by atoms with E-state index in [1.165, 1.54) is 19.3 Å². The standard InChI is InChI=1S/C15H19Br2NO/c1-10-11(6-5-8-12(10)16)15(19)18-14-9-4-2-3-7-13(14)17/h5-6,8,13-14H,2-4,7,9H2,1H3,(H,18,19). The zero-order valence-electron chi connectivity index (χ0n) is 11.1. The lowest BCUT2D eigenvalue weighted by atomic mass is 10.1. The largest absolute Gasteiger partial charge is 0.348 e. The number of nitrogens with one attached hydrogen (secondary N) is 1. The number of rotatable bonds is 2. The van der Waals surface area contributed by atoms with Crippen molar-refractivity contribution in [2.24, 2.45) is 0 Å². The lowest BCUT2D eigenvalue weighted by molar-refractivity contribution is 0.0934. The molecule has 0 heterocycles. The number of hydrogen-bond acceptors (Lipinski definition) is 1. The van der Waals surface area contributed by atoms with Gasteiger partial charge in [-0.1, -0.05) is 57.2 Å². The van der Waals surface area contributed by atoms with E-state index in [2.05, 4.69) is 37.2 Å². The number of amides is 1. The van der Waals surface area contributed by atoms with Crippen molar-refractivity contribution in [1.29, 1.82) is 0 Å². The molecule has 1 N–H and O–H groups in total. The molecule has 2 atom stereocenters. The van der Waals surface area contributed by atoms with Crippen LogP contribution in [0.5, 0.6) is 0 Å². The summed E-state index contributed by atoms with van der Waals surface area (Å²) in [5.41, 5.74) is 1.76. The van der Waals surface area contributed by atoms with Crippen LogP contribution < -0.4 is 5.32 Å². The second kappa shape index (κ2) is 6.89. The Hall–Kier alpha value is -0.350. The van der Waals surface area contributed by atoms with E-state index in [1.54, 1.807) is 0 Å². The fourth-order valence-electron chi connectivity index (χ4n) is 2.52. The molecule has 0 aromatic heterocycles. The Labute approximate surface area is 131 Å². The van der Waals surface area contributed by atoms with Gasteiger partial charge in [0.15, 0.2) is 0 Å². The molecule has 2 rings (SSSR count). The molecule has 2 unspecified atom stereocenters. The van der Waals surface area contributed by atoms with E-state index in [0.29, 0.717) is 4.83 Å². The highest BCUT2D eigenvalue weighted by Gasteiger charge is 2.24. The summed E-state index contributed by atoms with van der Waals surface area (Å²) < 4.78 is 0.983. The van der Waals surface area contributed by atoms with Crippen LogP contribution in [0.1, 0.15) is 48.0 Å². The maximum Gasteiger partial charge on any atom is 0.251 e. The summed E-state index contributed by atoms with van der Waals surface area (Å²) in [6.07, 6.45) is 5.92. The third-order valence-electron chi connectivity index (χ3n) is 3.76. The summed E-state index contributed by atoms with van der Waals surface area (Å²) in [7, 11) is 0. The van der Waals surface area contributed by atoms with Crippen molar-refractivity contribution in [3.8, 4) is 0 Å². The highest BCUT2D eigenvalue weighted by Crippen LogP contribution is 2.25. The molecule has 0 radical (unpaired) electrons. The molecular formula is C15H19Br2NO. The first-order valence-electron chi connectivity index (χ1n) is 6.79. The molecule has 0 bridgehead atoms. The summed E-state index contributed by atoms with van der Waals surface area (Å²) >= 11 is 7.19. The third-order valence-corrected chi connectivity index (χ3v) is 5.72. The Bertz CT molecular complexity index is 461. The second-order valence-corrected chi connectivity index (χ2v) is 7.18. The van der Waals surface area contributed by atoms with Gasteiger partial charge in [0.25, 0.3) is 5.91 Å². The van der Waals surface area contributed by atoms with Gasteiger partial charge in [-0.15, -0.1) is 0 Å². The number of alkyl halides is 1. The Morgan fingerprint density at radius 2 is 2.00 bits per heavy atom. The number of carbonyl (C=O) groups excluding carboxylic acids is 1. The van der Waals surface area contributed by atoms with Crippen molar-refractivity contribution in [1.82, 2.24) is 5.32 Å². The van der Waals surface area contributed by atoms with E-state index in [-0.39, 0.29) is 11.9 Å². The molecule has 1 aromatic rings. The van der Waals surface area contributed by atoms with Crippen molar-refractivity contribution in [2.45, 2.75) is 49.9 Å². The zero-order chi connectivity index (χ0) is 13.8. The molecule has 1 aliphatic carbocycles. The molecule has 1 aromatic carbocycles. The SMILES string of the molecule is Cc1c(Br)cccc1C(=O)NC1CCCCCC1Br. The molecular weight excluding hydrogens is 370 g/mol. The molecule has 1 amide bonds. The van der Waals surface area contributed by atoms with Crippen LogP contribution in [-0.4, -0.2) is 16.8 Å². The first-order valence-corrected chi connectivity index (χ1v) is 8.50. The highest BCUT2D eigenvalue weighted by molar-refractivity contribution is 9.10. The summed E-state index contributed by atoms with van der Waals surface area (Å²) in [6, 6.07) is 6.00. The fraction of sp³-hybridized carbons (Fsp3) is 0.533. The van der Waals surface area contributed by atoms with Gasteiger partial charge in [0.05, 0.1) is 0 Å². The molecule has 0 saturated heterocycles. The van der Waals surface area contributed by atoms with Crippen molar-refractivity contribution >= 4 is 37.8 Å². The topological polar surface area (TPSA) is 29.1 Å². The van der Waals surface area contributed by atoms with E-state index in [1.807, 2.05) is 25.1 Å². The average Bonchev–Trinajstić information content (AvgIpc) is 2.58. The van der Waals surface area contributed by atoms with Gasteiger partial charge in [-0.2, -0.15) is 0 Å². The van der Waals surface area contributed by atoms with Gasteiger partial charge in [-0.3, -0.25) is 4.79 Å². The lowest BCUT2D eigenvalue weighted by Gasteiger charge is -2.22. The van der Waals surface area contributed by atoms with Gasteiger partial charge in [0.1, 0.15) is 0 Å². The minimum Gasteiger partial charge on any atom is -0.348 e. The predicted octanol–water partition coefficient (Wildman–Crippen LogP) is 4.58. The minimum atomic E-state index is 0.0372. The normalized spacial score (nSPS) is 23.7. The second-order valence-electron chi connectivity index (χ2n) is 5.15. The van der Waals surface area contributed by atoms with Crippen LogP contribution in [0.25, 0.3) is 0 Å². The van der Waals surface area contributed by atoms with Gasteiger partial charge < -0.3 is 5.32 Å². The van der Waals surface area contributed by atoms with Gasteiger partial charge in [0, 0.05) is 20.9 Å².